The molecular weight excluding hydrogens is 320 g/mol. The van der Waals surface area contributed by atoms with Gasteiger partial charge >= 0.3 is 0 Å². The van der Waals surface area contributed by atoms with Crippen molar-refractivity contribution >= 4 is 16.9 Å². The number of anilines is 1. The van der Waals surface area contributed by atoms with Gasteiger partial charge in [0.05, 0.1) is 23.7 Å². The lowest BCUT2D eigenvalue weighted by molar-refractivity contribution is -0.0430. The third-order valence-corrected chi connectivity index (χ3v) is 4.18. The van der Waals surface area contributed by atoms with Gasteiger partial charge in [-0.2, -0.15) is 0 Å². The first-order valence-corrected chi connectivity index (χ1v) is 8.13. The van der Waals surface area contributed by atoms with Gasteiger partial charge in [-0.05, 0) is 6.42 Å². The zero-order valence-corrected chi connectivity index (χ0v) is 13.7. The van der Waals surface area contributed by atoms with E-state index in [1.807, 2.05) is 0 Å². The summed E-state index contributed by atoms with van der Waals surface area (Å²) in [5.41, 5.74) is 7.31. The van der Waals surface area contributed by atoms with Gasteiger partial charge in [0.1, 0.15) is 30.1 Å². The Labute approximate surface area is 145 Å². The molecule has 0 unspecified atom stereocenters. The Bertz CT molecular complexity index is 859. The molecule has 0 aromatic carbocycles. The van der Waals surface area contributed by atoms with Gasteiger partial charge in [-0.3, -0.25) is 0 Å². The quantitative estimate of drug-likeness (QED) is 0.562. The zero-order chi connectivity index (χ0) is 17.8. The number of ether oxygens (including phenoxy) is 1. The maximum atomic E-state index is 9.98. The molecule has 0 saturated carbocycles. The van der Waals surface area contributed by atoms with Crippen LogP contribution in [0.1, 0.15) is 37.5 Å². The molecule has 7 heteroatoms. The smallest absolute Gasteiger partial charge is 0.148 e. The van der Waals surface area contributed by atoms with Gasteiger partial charge in [0, 0.05) is 25.5 Å². The number of nitrogen functional groups attached to an aromatic ring is 1. The predicted octanol–water partition coefficient (Wildman–Crippen LogP) is 0.809. The molecule has 2 aromatic heterocycles. The summed E-state index contributed by atoms with van der Waals surface area (Å²) in [5, 5.41) is 19.9. The summed E-state index contributed by atoms with van der Waals surface area (Å²) in [6, 6.07) is 0. The summed E-state index contributed by atoms with van der Waals surface area (Å²) in [6.45, 7) is -0.240. The molecule has 0 radical (unpaired) electrons. The van der Waals surface area contributed by atoms with E-state index in [9.17, 15) is 10.2 Å². The molecule has 0 amide bonds. The summed E-state index contributed by atoms with van der Waals surface area (Å²) in [5.74, 6) is 9.12. The molecule has 3 heterocycles. The van der Waals surface area contributed by atoms with Gasteiger partial charge < -0.3 is 25.3 Å². The van der Waals surface area contributed by atoms with Gasteiger partial charge in [0.25, 0.3) is 0 Å². The van der Waals surface area contributed by atoms with Crippen LogP contribution >= 0.6 is 0 Å². The van der Waals surface area contributed by atoms with Gasteiger partial charge in [-0.15, -0.1) is 12.3 Å². The number of aromatic nitrogens is 3. The molecule has 3 rings (SSSR count). The third kappa shape index (κ3) is 3.45. The number of nitrogens with zero attached hydrogens (tertiary/aromatic N) is 3. The number of nitrogens with two attached hydrogens (primary N) is 1. The van der Waals surface area contributed by atoms with Crippen LogP contribution in [0.5, 0.6) is 0 Å². The fourth-order valence-electron chi connectivity index (χ4n) is 2.91. The van der Waals surface area contributed by atoms with E-state index < -0.39 is 18.4 Å². The Morgan fingerprint density at radius 3 is 2.96 bits per heavy atom. The van der Waals surface area contributed by atoms with Crippen molar-refractivity contribution in [2.45, 2.75) is 44.1 Å². The number of fused-ring (bicyclic) bond motifs is 1. The second-order valence-electron chi connectivity index (χ2n) is 5.88. The average molecular weight is 340 g/mol. The van der Waals surface area contributed by atoms with Crippen molar-refractivity contribution in [1.82, 2.24) is 14.5 Å². The first kappa shape index (κ1) is 17.2. The van der Waals surface area contributed by atoms with E-state index in [2.05, 4.69) is 27.7 Å². The highest BCUT2D eigenvalue weighted by atomic mass is 16.5. The number of terminal acetylenes is 1. The summed E-state index contributed by atoms with van der Waals surface area (Å²) in [4.78, 5) is 8.33. The number of aliphatic hydroxyl groups is 2. The van der Waals surface area contributed by atoms with Crippen LogP contribution in [0.3, 0.4) is 0 Å². The Morgan fingerprint density at radius 1 is 1.40 bits per heavy atom. The lowest BCUT2D eigenvalue weighted by Gasteiger charge is -2.14. The summed E-state index contributed by atoms with van der Waals surface area (Å²) in [6.07, 6.45) is 9.21. The Balaban J connectivity index is 1.95. The molecule has 1 fully saturated rings. The van der Waals surface area contributed by atoms with Gasteiger partial charge in [-0.25, -0.2) is 9.97 Å². The lowest BCUT2D eigenvalue weighted by atomic mass is 10.2. The Hall–Kier alpha value is -2.58. The summed E-state index contributed by atoms with van der Waals surface area (Å²) < 4.78 is 7.51. The van der Waals surface area contributed by atoms with Gasteiger partial charge in [0.15, 0.2) is 0 Å². The van der Waals surface area contributed by atoms with Crippen molar-refractivity contribution in [3.63, 3.8) is 0 Å². The largest absolute Gasteiger partial charge is 0.394 e. The minimum atomic E-state index is -0.732. The molecule has 25 heavy (non-hydrogen) atoms. The minimum Gasteiger partial charge on any atom is -0.394 e. The Kier molecular flexibility index (Phi) is 5.20. The normalized spacial score (nSPS) is 22.5. The average Bonchev–Trinajstić information content (AvgIpc) is 3.16. The van der Waals surface area contributed by atoms with E-state index in [4.69, 9.17) is 16.9 Å². The van der Waals surface area contributed by atoms with Crippen LogP contribution < -0.4 is 5.73 Å². The molecule has 0 spiro atoms. The molecule has 1 aliphatic rings. The number of rotatable bonds is 4. The topological polar surface area (TPSA) is 106 Å². The highest BCUT2D eigenvalue weighted by molar-refractivity contribution is 5.92. The highest BCUT2D eigenvalue weighted by Crippen LogP contribution is 2.33. The van der Waals surface area contributed by atoms with E-state index in [0.717, 1.165) is 6.42 Å². The zero-order valence-electron chi connectivity index (χ0n) is 13.7. The SMILES string of the molecule is C#CCCCC#Cc1cn([C@H]2C[C@@H](O)[C@@H](CO)O2)c2ncnc(N)c12. The molecule has 7 nitrogen and oxygen atoms in total. The van der Waals surface area contributed by atoms with E-state index in [1.54, 1.807) is 10.8 Å². The number of aliphatic hydroxyl groups excluding tert-OH is 2. The number of hydrogen-bond acceptors (Lipinski definition) is 6. The van der Waals surface area contributed by atoms with Crippen molar-refractivity contribution in [1.29, 1.82) is 0 Å². The van der Waals surface area contributed by atoms with Crippen LogP contribution in [-0.2, 0) is 4.74 Å². The minimum absolute atomic E-state index is 0.240. The van der Waals surface area contributed by atoms with E-state index in [-0.39, 0.29) is 6.61 Å². The van der Waals surface area contributed by atoms with Crippen molar-refractivity contribution in [3.05, 3.63) is 18.1 Å². The van der Waals surface area contributed by atoms with E-state index >= 15 is 0 Å². The second-order valence-corrected chi connectivity index (χ2v) is 5.88. The second kappa shape index (κ2) is 7.54. The third-order valence-electron chi connectivity index (χ3n) is 4.18. The van der Waals surface area contributed by atoms with Crippen molar-refractivity contribution < 1.29 is 14.9 Å². The van der Waals surface area contributed by atoms with Crippen LogP contribution in [0.2, 0.25) is 0 Å². The first-order chi connectivity index (χ1) is 12.2. The van der Waals surface area contributed by atoms with Crippen molar-refractivity contribution in [2.75, 3.05) is 12.3 Å². The van der Waals surface area contributed by atoms with E-state index in [1.165, 1.54) is 6.33 Å². The monoisotopic (exact) mass is 340 g/mol. The van der Waals surface area contributed by atoms with Crippen LogP contribution in [0.15, 0.2) is 12.5 Å². The van der Waals surface area contributed by atoms with Crippen LogP contribution in [-0.4, -0.2) is 43.6 Å². The summed E-state index contributed by atoms with van der Waals surface area (Å²) >= 11 is 0. The molecule has 130 valence electrons. The first-order valence-electron chi connectivity index (χ1n) is 8.13. The van der Waals surface area contributed by atoms with Gasteiger partial charge in [-0.1, -0.05) is 11.8 Å². The molecule has 3 atom stereocenters. The summed E-state index contributed by atoms with van der Waals surface area (Å²) in [7, 11) is 0. The maximum absolute atomic E-state index is 9.98. The molecule has 2 aromatic rings. The van der Waals surface area contributed by atoms with E-state index in [0.29, 0.717) is 41.7 Å². The molecule has 0 bridgehead atoms. The number of hydrogen-bond donors (Lipinski definition) is 3. The van der Waals surface area contributed by atoms with Crippen molar-refractivity contribution in [2.24, 2.45) is 0 Å². The fourth-order valence-corrected chi connectivity index (χ4v) is 2.91. The fraction of sp³-hybridized carbons (Fsp3) is 0.444. The van der Waals surface area contributed by atoms with Crippen LogP contribution in [0.4, 0.5) is 5.82 Å². The lowest BCUT2D eigenvalue weighted by Crippen LogP contribution is -2.24. The Morgan fingerprint density at radius 2 is 2.24 bits per heavy atom. The molecule has 1 aliphatic heterocycles. The van der Waals surface area contributed by atoms with Crippen LogP contribution in [0, 0.1) is 24.2 Å². The molecule has 0 aliphatic carbocycles. The van der Waals surface area contributed by atoms with Gasteiger partial charge in [0.2, 0.25) is 0 Å². The van der Waals surface area contributed by atoms with Crippen molar-refractivity contribution in [3.8, 4) is 24.2 Å². The number of unbranched alkanes of at least 4 members (excludes halogenated alkanes) is 2. The molecule has 4 N–H and O–H groups in total. The maximum Gasteiger partial charge on any atom is 0.148 e. The standard InChI is InChI=1S/C18H20N4O3/c1-2-3-4-5-6-7-12-9-22(15-8-13(24)14(10-23)25-15)18-16(12)17(19)20-11-21-18/h1,9,11,13-15,23-24H,3-5,8,10H2,(H2,19,20,21)/t13-,14-,15-/m1/s1. The highest BCUT2D eigenvalue weighted by Gasteiger charge is 2.35. The molecular formula is C18H20N4O3. The predicted molar refractivity (Wildman–Crippen MR) is 93.1 cm³/mol. The molecule has 1 saturated heterocycles. The van der Waals surface area contributed by atoms with Crippen LogP contribution in [0.25, 0.3) is 11.0 Å².